The maximum atomic E-state index is 6.77. The van der Waals surface area contributed by atoms with Crippen molar-refractivity contribution in [2.24, 2.45) is 0 Å². The summed E-state index contributed by atoms with van der Waals surface area (Å²) < 4.78 is 6.77. The molecule has 0 spiro atoms. The monoisotopic (exact) mass is 758 g/mol. The smallest absolute Gasteiger partial charge is 0.164 e. The zero-order chi connectivity index (χ0) is 39.5. The summed E-state index contributed by atoms with van der Waals surface area (Å²) >= 11 is 0. The number of aromatic nitrogens is 3. The normalized spacial score (nSPS) is 12.7. The minimum atomic E-state index is -0.139. The molecule has 0 saturated heterocycles. The highest BCUT2D eigenvalue weighted by molar-refractivity contribution is 6.13. The summed E-state index contributed by atoms with van der Waals surface area (Å²) in [7, 11) is 0. The van der Waals surface area contributed by atoms with Crippen LogP contribution >= 0.6 is 0 Å². The van der Waals surface area contributed by atoms with Crippen molar-refractivity contribution < 1.29 is 4.42 Å². The van der Waals surface area contributed by atoms with E-state index in [1.807, 2.05) is 72.8 Å². The summed E-state index contributed by atoms with van der Waals surface area (Å²) in [4.78, 5) is 17.5. The highest BCUT2D eigenvalue weighted by Gasteiger charge is 2.37. The summed E-state index contributed by atoms with van der Waals surface area (Å²) in [5.74, 6) is 1.84. The van der Waals surface area contributed by atoms with Crippen molar-refractivity contribution in [3.05, 3.63) is 205 Å². The number of rotatable bonds is 7. The van der Waals surface area contributed by atoms with Gasteiger partial charge in [0.15, 0.2) is 17.5 Å². The van der Waals surface area contributed by atoms with E-state index in [0.29, 0.717) is 17.5 Å². The zero-order valence-corrected chi connectivity index (χ0v) is 32.7. The third kappa shape index (κ3) is 5.81. The zero-order valence-electron chi connectivity index (χ0n) is 32.7. The van der Waals surface area contributed by atoms with E-state index in [1.165, 1.54) is 33.4 Å². The number of hydrogen-bond donors (Lipinski definition) is 0. The first kappa shape index (κ1) is 34.6. The number of benzene rings is 8. The molecule has 5 heteroatoms. The van der Waals surface area contributed by atoms with Crippen LogP contribution in [0.1, 0.15) is 25.0 Å². The number of anilines is 3. The fourth-order valence-corrected chi connectivity index (χ4v) is 8.85. The second-order valence-electron chi connectivity index (χ2n) is 15.6. The largest absolute Gasteiger partial charge is 0.456 e. The van der Waals surface area contributed by atoms with Crippen molar-refractivity contribution in [1.82, 2.24) is 15.0 Å². The lowest BCUT2D eigenvalue weighted by Gasteiger charge is -2.29. The third-order valence-electron chi connectivity index (χ3n) is 11.7. The van der Waals surface area contributed by atoms with Gasteiger partial charge in [-0.05, 0) is 64.2 Å². The second kappa shape index (κ2) is 13.8. The molecule has 2 aromatic heterocycles. The summed E-state index contributed by atoms with van der Waals surface area (Å²) in [6, 6.07) is 67.8. The molecule has 8 aromatic carbocycles. The van der Waals surface area contributed by atoms with Gasteiger partial charge in [-0.25, -0.2) is 15.0 Å². The molecule has 0 bridgehead atoms. The topological polar surface area (TPSA) is 55.1 Å². The van der Waals surface area contributed by atoms with Crippen LogP contribution in [-0.4, -0.2) is 15.0 Å². The van der Waals surface area contributed by atoms with Crippen molar-refractivity contribution in [1.29, 1.82) is 0 Å². The molecule has 5 nitrogen and oxygen atoms in total. The molecule has 0 radical (unpaired) electrons. The van der Waals surface area contributed by atoms with Crippen LogP contribution in [0.5, 0.6) is 0 Å². The fraction of sp³-hybridized carbons (Fsp3) is 0.0556. The van der Waals surface area contributed by atoms with E-state index in [-0.39, 0.29) is 5.41 Å². The Hall–Kier alpha value is -7.63. The summed E-state index contributed by atoms with van der Waals surface area (Å²) in [6.45, 7) is 4.66. The quantitative estimate of drug-likeness (QED) is 0.162. The molecule has 0 unspecified atom stereocenters. The molecule has 2 heterocycles. The number of hydrogen-bond acceptors (Lipinski definition) is 5. The Balaban J connectivity index is 1.10. The van der Waals surface area contributed by atoms with Crippen LogP contribution in [0.15, 0.2) is 199 Å². The summed E-state index contributed by atoms with van der Waals surface area (Å²) in [6.07, 6.45) is 0. The predicted octanol–water partition coefficient (Wildman–Crippen LogP) is 14.2. The molecule has 10 aromatic rings. The molecule has 0 aliphatic heterocycles. The Morgan fingerprint density at radius 1 is 0.424 bits per heavy atom. The van der Waals surface area contributed by atoms with Crippen LogP contribution in [0.25, 0.3) is 78.4 Å². The van der Waals surface area contributed by atoms with Crippen molar-refractivity contribution in [2.75, 3.05) is 4.90 Å². The Labute approximate surface area is 342 Å². The van der Waals surface area contributed by atoms with Gasteiger partial charge >= 0.3 is 0 Å². The van der Waals surface area contributed by atoms with Crippen LogP contribution in [0, 0.1) is 0 Å². The number of nitrogens with zero attached hydrogens (tertiary/aromatic N) is 4. The molecule has 1 aliphatic rings. The molecule has 0 saturated carbocycles. The van der Waals surface area contributed by atoms with E-state index in [0.717, 1.165) is 55.7 Å². The molecule has 0 atom stereocenters. The lowest BCUT2D eigenvalue weighted by atomic mass is 9.82. The van der Waals surface area contributed by atoms with E-state index < -0.39 is 0 Å². The van der Waals surface area contributed by atoms with Gasteiger partial charge < -0.3 is 9.32 Å². The lowest BCUT2D eigenvalue weighted by molar-refractivity contribution is 0.660. The van der Waals surface area contributed by atoms with Gasteiger partial charge in [0.2, 0.25) is 0 Å². The minimum Gasteiger partial charge on any atom is -0.456 e. The average Bonchev–Trinajstić information content (AvgIpc) is 3.79. The van der Waals surface area contributed by atoms with Gasteiger partial charge in [-0.1, -0.05) is 166 Å². The van der Waals surface area contributed by atoms with Crippen molar-refractivity contribution in [3.63, 3.8) is 0 Å². The maximum Gasteiger partial charge on any atom is 0.164 e. The van der Waals surface area contributed by atoms with Gasteiger partial charge in [-0.3, -0.25) is 0 Å². The van der Waals surface area contributed by atoms with Crippen molar-refractivity contribution in [2.45, 2.75) is 19.3 Å². The van der Waals surface area contributed by atoms with Gasteiger partial charge in [-0.2, -0.15) is 0 Å². The van der Waals surface area contributed by atoms with Gasteiger partial charge in [0.05, 0.1) is 5.69 Å². The standard InChI is InChI=1S/C54H38N4O/c1-54(2)44-24-13-12-22-41(44)50-45(54)25-15-26-46(50)58(39-30-28-36(29-31-39)35-16-6-3-7-17-35)40-32-33-42-48(34-40)59-47-27-14-23-43(49(42)47)53-56-51(37-18-8-4-9-19-37)55-52(57-53)38-20-10-5-11-21-38/h3-34H,1-2H3. The van der Waals surface area contributed by atoms with Gasteiger partial charge in [0.25, 0.3) is 0 Å². The molecule has 59 heavy (non-hydrogen) atoms. The van der Waals surface area contributed by atoms with Crippen LogP contribution in [0.2, 0.25) is 0 Å². The minimum absolute atomic E-state index is 0.139. The molecule has 1 aliphatic carbocycles. The first-order valence-corrected chi connectivity index (χ1v) is 20.0. The SMILES string of the molecule is CC1(C)c2ccccc2-c2c(N(c3ccc(-c4ccccc4)cc3)c3ccc4c(c3)oc3cccc(-c5nc(-c6ccccc6)nc(-c6ccccc6)n5)c34)cccc21. The first-order chi connectivity index (χ1) is 29.0. The summed E-state index contributed by atoms with van der Waals surface area (Å²) in [5.41, 5.74) is 14.9. The molecule has 0 N–H and O–H groups in total. The molecular weight excluding hydrogens is 721 g/mol. The van der Waals surface area contributed by atoms with E-state index in [1.54, 1.807) is 0 Å². The molecular formula is C54H38N4O. The molecule has 11 rings (SSSR count). The average molecular weight is 759 g/mol. The van der Waals surface area contributed by atoms with E-state index in [4.69, 9.17) is 19.4 Å². The molecule has 0 amide bonds. The number of fused-ring (bicyclic) bond motifs is 6. The first-order valence-electron chi connectivity index (χ1n) is 20.0. The highest BCUT2D eigenvalue weighted by Crippen LogP contribution is 2.54. The Morgan fingerprint density at radius 2 is 0.966 bits per heavy atom. The Bertz CT molecular complexity index is 3120. The van der Waals surface area contributed by atoms with E-state index >= 15 is 0 Å². The van der Waals surface area contributed by atoms with Crippen molar-refractivity contribution >= 4 is 39.0 Å². The maximum absolute atomic E-state index is 6.77. The van der Waals surface area contributed by atoms with Gasteiger partial charge in [0, 0.05) is 55.9 Å². The van der Waals surface area contributed by atoms with Crippen LogP contribution < -0.4 is 4.90 Å². The number of furan rings is 1. The molecule has 280 valence electrons. The third-order valence-corrected chi connectivity index (χ3v) is 11.7. The predicted molar refractivity (Wildman–Crippen MR) is 241 cm³/mol. The van der Waals surface area contributed by atoms with E-state index in [2.05, 4.69) is 140 Å². The lowest BCUT2D eigenvalue weighted by Crippen LogP contribution is -2.16. The van der Waals surface area contributed by atoms with Gasteiger partial charge in [0.1, 0.15) is 11.2 Å². The second-order valence-corrected chi connectivity index (χ2v) is 15.6. The van der Waals surface area contributed by atoms with E-state index in [9.17, 15) is 0 Å². The highest BCUT2D eigenvalue weighted by atomic mass is 16.3. The van der Waals surface area contributed by atoms with Crippen molar-refractivity contribution in [3.8, 4) is 56.4 Å². The Kier molecular flexibility index (Phi) is 8.09. The molecule has 0 fully saturated rings. The van der Waals surface area contributed by atoms with Crippen LogP contribution in [0.4, 0.5) is 17.1 Å². The fourth-order valence-electron chi connectivity index (χ4n) is 8.85. The summed E-state index contributed by atoms with van der Waals surface area (Å²) in [5, 5.41) is 1.96. The van der Waals surface area contributed by atoms with Crippen LogP contribution in [-0.2, 0) is 5.41 Å². The van der Waals surface area contributed by atoms with Gasteiger partial charge in [-0.15, -0.1) is 0 Å². The van der Waals surface area contributed by atoms with Crippen LogP contribution in [0.3, 0.4) is 0 Å². The Morgan fingerprint density at radius 3 is 1.66 bits per heavy atom.